The van der Waals surface area contributed by atoms with Gasteiger partial charge in [0.2, 0.25) is 12.6 Å². The first-order valence-electron chi connectivity index (χ1n) is 9.24. The summed E-state index contributed by atoms with van der Waals surface area (Å²) in [5, 5.41) is 0. The van der Waals surface area contributed by atoms with Gasteiger partial charge in [-0.3, -0.25) is 0 Å². The van der Waals surface area contributed by atoms with Gasteiger partial charge in [0.25, 0.3) is 0 Å². The van der Waals surface area contributed by atoms with Gasteiger partial charge in [0.1, 0.15) is 0 Å². The summed E-state index contributed by atoms with van der Waals surface area (Å²) in [5.41, 5.74) is -1.04. The number of carbonyl (C=O) groups is 1. The van der Waals surface area contributed by atoms with Crippen LogP contribution >= 0.6 is 0 Å². The van der Waals surface area contributed by atoms with E-state index in [0.29, 0.717) is 12.8 Å². The second kappa shape index (κ2) is 11.1. The minimum Gasteiger partial charge on any atom is -0.401 e. The van der Waals surface area contributed by atoms with Crippen LogP contribution in [0.3, 0.4) is 0 Å². The average molecular weight is 379 g/mol. The van der Waals surface area contributed by atoms with Gasteiger partial charge in [0, 0.05) is 12.8 Å². The molecule has 0 fully saturated rings. The summed E-state index contributed by atoms with van der Waals surface area (Å²) in [5.74, 6) is 0.478. The van der Waals surface area contributed by atoms with Gasteiger partial charge in [-0.2, -0.15) is 9.78 Å². The molecule has 2 atom stereocenters. The maximum Gasteiger partial charge on any atom is 0.513 e. The van der Waals surface area contributed by atoms with Crippen LogP contribution in [0.1, 0.15) is 82.1 Å². The van der Waals surface area contributed by atoms with E-state index in [1.54, 1.807) is 0 Å². The highest BCUT2D eigenvalue weighted by atomic mass is 17.2. The quantitative estimate of drug-likeness (QED) is 0.219. The van der Waals surface area contributed by atoms with Gasteiger partial charge >= 0.3 is 6.16 Å². The first-order valence-corrected chi connectivity index (χ1v) is 9.24. The zero-order valence-corrected chi connectivity index (χ0v) is 18.1. The molecule has 2 unspecified atom stereocenters. The zero-order chi connectivity index (χ0) is 20.5. The third kappa shape index (κ3) is 15.4. The van der Waals surface area contributed by atoms with Crippen LogP contribution in [0.25, 0.3) is 0 Å². The molecule has 0 N–H and O–H groups in total. The molecule has 0 aromatic rings. The van der Waals surface area contributed by atoms with Crippen molar-refractivity contribution in [2.45, 2.75) is 106 Å². The minimum absolute atomic E-state index is 0.239. The van der Waals surface area contributed by atoms with Gasteiger partial charge in [-0.05, 0) is 53.4 Å². The lowest BCUT2D eigenvalue weighted by Crippen LogP contribution is -2.32. The van der Waals surface area contributed by atoms with E-state index in [9.17, 15) is 4.79 Å². The summed E-state index contributed by atoms with van der Waals surface area (Å²) in [4.78, 5) is 33.2. The molecule has 0 heterocycles. The van der Waals surface area contributed by atoms with Gasteiger partial charge in [-0.25, -0.2) is 14.6 Å². The van der Waals surface area contributed by atoms with Crippen LogP contribution in [-0.2, 0) is 29.0 Å². The largest absolute Gasteiger partial charge is 0.513 e. The van der Waals surface area contributed by atoms with Crippen molar-refractivity contribution in [3.8, 4) is 0 Å². The summed E-state index contributed by atoms with van der Waals surface area (Å²) < 4.78 is 10.5. The van der Waals surface area contributed by atoms with Crippen molar-refractivity contribution in [1.82, 2.24) is 0 Å². The van der Waals surface area contributed by atoms with Crippen LogP contribution in [0.15, 0.2) is 0 Å². The topological polar surface area (TPSA) is 72.5 Å². The SMILES string of the molecule is CC(C)CC(OOC(C)(C)C)OC(=O)OC(CC(C)C)OOC(C)(C)C. The molecule has 156 valence electrons. The number of hydrogen-bond acceptors (Lipinski definition) is 7. The van der Waals surface area contributed by atoms with Crippen LogP contribution in [0.5, 0.6) is 0 Å². The lowest BCUT2D eigenvalue weighted by molar-refractivity contribution is -0.422. The second-order valence-electron chi connectivity index (χ2n) is 9.19. The minimum atomic E-state index is -0.892. The molecule has 0 saturated heterocycles. The molecule has 0 amide bonds. The summed E-state index contributed by atoms with van der Waals surface area (Å²) in [6.45, 7) is 19.0. The molecule has 26 heavy (non-hydrogen) atoms. The van der Waals surface area contributed by atoms with Crippen molar-refractivity contribution in [2.75, 3.05) is 0 Å². The molecule has 0 aromatic carbocycles. The fraction of sp³-hybridized carbons (Fsp3) is 0.947. The van der Waals surface area contributed by atoms with E-state index in [0.717, 1.165) is 0 Å². The van der Waals surface area contributed by atoms with Crippen molar-refractivity contribution in [3.63, 3.8) is 0 Å². The van der Waals surface area contributed by atoms with Crippen molar-refractivity contribution in [1.29, 1.82) is 0 Å². The lowest BCUT2D eigenvalue weighted by Gasteiger charge is -2.26. The standard InChI is InChI=1S/C19H38O7/c1-13(2)11-15(23-25-18(5,6)7)21-17(20)22-16(12-14(3)4)24-26-19(8,9)10/h13-16H,11-12H2,1-10H3. The number of carbonyl (C=O) groups excluding carboxylic acids is 1. The number of hydrogen-bond donors (Lipinski definition) is 0. The maximum atomic E-state index is 12.2. The van der Waals surface area contributed by atoms with E-state index in [2.05, 4.69) is 0 Å². The fourth-order valence-electron chi connectivity index (χ4n) is 1.62. The van der Waals surface area contributed by atoms with Gasteiger partial charge < -0.3 is 9.47 Å². The lowest BCUT2D eigenvalue weighted by atomic mass is 10.1. The number of rotatable bonds is 10. The summed E-state index contributed by atoms with van der Waals surface area (Å²) >= 11 is 0. The van der Waals surface area contributed by atoms with E-state index in [-0.39, 0.29) is 11.8 Å². The Balaban J connectivity index is 4.73. The molecule has 0 spiro atoms. The fourth-order valence-corrected chi connectivity index (χ4v) is 1.62. The predicted octanol–water partition coefficient (Wildman–Crippen LogP) is 5.38. The summed E-state index contributed by atoms with van der Waals surface area (Å²) in [6.07, 6.45) is -1.69. The number of ether oxygens (including phenoxy) is 2. The zero-order valence-electron chi connectivity index (χ0n) is 18.1. The van der Waals surface area contributed by atoms with Crippen LogP contribution in [-0.4, -0.2) is 29.9 Å². The molecule has 0 rings (SSSR count). The Morgan fingerprint density at radius 2 is 1.00 bits per heavy atom. The Labute approximate surface area is 158 Å². The Morgan fingerprint density at radius 1 is 0.692 bits per heavy atom. The average Bonchev–Trinajstić information content (AvgIpc) is 2.39. The molecule has 0 saturated carbocycles. The molecule has 0 radical (unpaired) electrons. The molecule has 0 aromatic heterocycles. The third-order valence-corrected chi connectivity index (χ3v) is 2.59. The first-order chi connectivity index (χ1) is 11.7. The van der Waals surface area contributed by atoms with E-state index in [4.69, 9.17) is 29.0 Å². The molecule has 0 aliphatic rings. The normalized spacial score (nSPS) is 15.2. The second-order valence-corrected chi connectivity index (χ2v) is 9.19. The van der Waals surface area contributed by atoms with Gasteiger partial charge in [0.15, 0.2) is 0 Å². The van der Waals surface area contributed by atoms with Crippen LogP contribution < -0.4 is 0 Å². The van der Waals surface area contributed by atoms with Crippen LogP contribution in [0.2, 0.25) is 0 Å². The van der Waals surface area contributed by atoms with Gasteiger partial charge in [0.05, 0.1) is 11.2 Å². The van der Waals surface area contributed by atoms with Gasteiger partial charge in [-0.1, -0.05) is 27.7 Å². The van der Waals surface area contributed by atoms with Crippen molar-refractivity contribution < 1.29 is 33.8 Å². The molecular weight excluding hydrogens is 340 g/mol. The van der Waals surface area contributed by atoms with Crippen molar-refractivity contribution in [3.05, 3.63) is 0 Å². The Bertz CT molecular complexity index is 358. The van der Waals surface area contributed by atoms with Crippen molar-refractivity contribution >= 4 is 6.16 Å². The highest BCUT2D eigenvalue weighted by Crippen LogP contribution is 2.19. The van der Waals surface area contributed by atoms with Crippen LogP contribution in [0, 0.1) is 11.8 Å². The Hall–Kier alpha value is -0.890. The first kappa shape index (κ1) is 25.1. The smallest absolute Gasteiger partial charge is 0.401 e. The third-order valence-electron chi connectivity index (χ3n) is 2.59. The maximum absolute atomic E-state index is 12.2. The van der Waals surface area contributed by atoms with E-state index in [1.165, 1.54) is 0 Å². The predicted molar refractivity (Wildman–Crippen MR) is 97.9 cm³/mol. The van der Waals surface area contributed by atoms with E-state index < -0.39 is 29.9 Å². The van der Waals surface area contributed by atoms with Crippen molar-refractivity contribution in [2.24, 2.45) is 11.8 Å². The molecule has 7 nitrogen and oxygen atoms in total. The summed E-state index contributed by atoms with van der Waals surface area (Å²) in [6, 6.07) is 0. The Kier molecular flexibility index (Phi) is 10.7. The molecule has 0 aliphatic carbocycles. The van der Waals surface area contributed by atoms with Crippen LogP contribution in [0.4, 0.5) is 4.79 Å². The highest BCUT2D eigenvalue weighted by Gasteiger charge is 2.26. The molecule has 0 aliphatic heterocycles. The highest BCUT2D eigenvalue weighted by molar-refractivity contribution is 5.60. The van der Waals surface area contributed by atoms with E-state index in [1.807, 2.05) is 69.2 Å². The molecular formula is C19H38O7. The summed E-state index contributed by atoms with van der Waals surface area (Å²) in [7, 11) is 0. The monoisotopic (exact) mass is 378 g/mol. The van der Waals surface area contributed by atoms with E-state index >= 15 is 0 Å². The van der Waals surface area contributed by atoms with Gasteiger partial charge in [-0.15, -0.1) is 0 Å². The Morgan fingerprint density at radius 3 is 1.23 bits per heavy atom. The molecule has 0 bridgehead atoms. The molecule has 7 heteroatoms.